The maximum atomic E-state index is 8.87. The van der Waals surface area contributed by atoms with Crippen molar-refractivity contribution in [1.82, 2.24) is 9.97 Å². The molecule has 0 fully saturated rings. The van der Waals surface area contributed by atoms with Crippen molar-refractivity contribution in [2.75, 3.05) is 18.6 Å². The second-order valence-corrected chi connectivity index (χ2v) is 5.71. The summed E-state index contributed by atoms with van der Waals surface area (Å²) < 4.78 is 5.22. The number of methoxy groups -OCH3 is 1. The maximum absolute atomic E-state index is 8.87. The van der Waals surface area contributed by atoms with Crippen molar-refractivity contribution in [2.45, 2.75) is 27.4 Å². The first-order valence-corrected chi connectivity index (χ1v) is 8.25. The van der Waals surface area contributed by atoms with Crippen LogP contribution in [0.15, 0.2) is 54.8 Å². The molecule has 0 spiro atoms. The van der Waals surface area contributed by atoms with Gasteiger partial charge in [-0.25, -0.2) is 9.97 Å². The second-order valence-electron chi connectivity index (χ2n) is 5.71. The summed E-state index contributed by atoms with van der Waals surface area (Å²) >= 11 is 0. The molecule has 6 nitrogen and oxygen atoms in total. The molecule has 0 aliphatic carbocycles. The lowest BCUT2D eigenvalue weighted by atomic mass is 10.1. The van der Waals surface area contributed by atoms with Crippen molar-refractivity contribution < 1.29 is 4.74 Å². The van der Waals surface area contributed by atoms with Gasteiger partial charge in [0.25, 0.3) is 0 Å². The Bertz CT molecular complexity index is 839. The Balaban J connectivity index is 0.000000395. The Labute approximate surface area is 161 Å². The molecule has 1 aliphatic heterocycles. The van der Waals surface area contributed by atoms with Crippen molar-refractivity contribution in [3.8, 4) is 11.8 Å². The molecular formula is C21H27N5O. The van der Waals surface area contributed by atoms with Crippen LogP contribution in [0.5, 0.6) is 5.75 Å². The number of fused-ring (bicyclic) bond motifs is 1. The van der Waals surface area contributed by atoms with E-state index in [2.05, 4.69) is 22.6 Å². The highest BCUT2D eigenvalue weighted by Gasteiger charge is 2.21. The highest BCUT2D eigenvalue weighted by molar-refractivity contribution is 5.47. The Morgan fingerprint density at radius 3 is 2.70 bits per heavy atom. The van der Waals surface area contributed by atoms with Crippen LogP contribution in [-0.2, 0) is 13.1 Å². The Kier molecular flexibility index (Phi) is 8.70. The Morgan fingerprint density at radius 2 is 2.11 bits per heavy atom. The molecule has 0 amide bonds. The van der Waals surface area contributed by atoms with E-state index in [0.29, 0.717) is 18.2 Å². The van der Waals surface area contributed by atoms with Crippen molar-refractivity contribution in [3.05, 3.63) is 71.6 Å². The third-order valence-corrected chi connectivity index (χ3v) is 3.84. The average Bonchev–Trinajstić information content (AvgIpc) is 3.12. The van der Waals surface area contributed by atoms with E-state index in [4.69, 9.17) is 15.7 Å². The number of benzene rings is 1. The van der Waals surface area contributed by atoms with Crippen molar-refractivity contribution >= 4 is 5.95 Å². The van der Waals surface area contributed by atoms with Gasteiger partial charge in [0.1, 0.15) is 17.5 Å². The smallest absolute Gasteiger partial charge is 0.227 e. The molecule has 0 saturated carbocycles. The van der Waals surface area contributed by atoms with E-state index in [-0.39, 0.29) is 7.43 Å². The number of rotatable bonds is 4. The molecule has 3 rings (SSSR count). The number of nitriles is 1. The fraction of sp³-hybridized carbons (Fsp3) is 0.286. The summed E-state index contributed by atoms with van der Waals surface area (Å²) in [5.41, 5.74) is 9.03. The summed E-state index contributed by atoms with van der Waals surface area (Å²) in [4.78, 5) is 10.5. The van der Waals surface area contributed by atoms with Gasteiger partial charge < -0.3 is 15.4 Å². The van der Waals surface area contributed by atoms with Gasteiger partial charge in [-0.05, 0) is 41.8 Å². The zero-order chi connectivity index (χ0) is 18.9. The fourth-order valence-electron chi connectivity index (χ4n) is 2.51. The molecule has 142 valence electrons. The first-order valence-electron chi connectivity index (χ1n) is 8.25. The zero-order valence-corrected chi connectivity index (χ0v) is 15.1. The molecule has 1 aromatic heterocycles. The topological polar surface area (TPSA) is 88.1 Å². The number of anilines is 1. The van der Waals surface area contributed by atoms with Crippen LogP contribution in [0.4, 0.5) is 5.95 Å². The monoisotopic (exact) mass is 365 g/mol. The maximum Gasteiger partial charge on any atom is 0.227 e. The molecule has 2 aromatic rings. The van der Waals surface area contributed by atoms with Crippen LogP contribution in [-0.4, -0.2) is 23.6 Å². The van der Waals surface area contributed by atoms with Crippen molar-refractivity contribution in [2.24, 2.45) is 5.73 Å². The van der Waals surface area contributed by atoms with Gasteiger partial charge in [0.2, 0.25) is 5.95 Å². The third kappa shape index (κ3) is 5.94. The van der Waals surface area contributed by atoms with E-state index in [1.54, 1.807) is 19.4 Å². The number of nitrogens with two attached hydrogens (primary N) is 1. The highest BCUT2D eigenvalue weighted by atomic mass is 16.5. The van der Waals surface area contributed by atoms with E-state index < -0.39 is 0 Å². The molecule has 2 N–H and O–H groups in total. The van der Waals surface area contributed by atoms with E-state index in [0.717, 1.165) is 24.4 Å². The van der Waals surface area contributed by atoms with Crippen LogP contribution in [0.2, 0.25) is 0 Å². The number of hydrogen-bond donors (Lipinski definition) is 1. The van der Waals surface area contributed by atoms with E-state index >= 15 is 0 Å². The minimum atomic E-state index is 0. The molecular weight excluding hydrogens is 338 g/mol. The summed E-state index contributed by atoms with van der Waals surface area (Å²) in [5, 5.41) is 8.87. The van der Waals surface area contributed by atoms with Gasteiger partial charge in [-0.2, -0.15) is 5.26 Å². The number of aromatic nitrogens is 2. The number of hydrogen-bond acceptors (Lipinski definition) is 6. The van der Waals surface area contributed by atoms with Gasteiger partial charge in [0, 0.05) is 25.8 Å². The average molecular weight is 365 g/mol. The lowest BCUT2D eigenvalue weighted by Gasteiger charge is -2.14. The van der Waals surface area contributed by atoms with Crippen LogP contribution >= 0.6 is 0 Å². The third-order valence-electron chi connectivity index (χ3n) is 3.84. The number of nitrogens with zero attached hydrogens (tertiary/aromatic N) is 4. The molecule has 27 heavy (non-hydrogen) atoms. The SMILES string of the molecule is C.C=C(/C=C\C)CN.COc1ccc2c(c1)CN(c1nccc(C#N)n1)C2. The van der Waals surface area contributed by atoms with Gasteiger partial charge in [0.05, 0.1) is 7.11 Å². The molecule has 1 aromatic carbocycles. The van der Waals surface area contributed by atoms with Gasteiger partial charge in [0.15, 0.2) is 0 Å². The number of ether oxygens (including phenoxy) is 1. The second kappa shape index (κ2) is 10.7. The molecule has 0 atom stereocenters. The van der Waals surface area contributed by atoms with E-state index in [9.17, 15) is 0 Å². The summed E-state index contributed by atoms with van der Waals surface area (Å²) in [7, 11) is 1.66. The van der Waals surface area contributed by atoms with Crippen LogP contribution in [0.1, 0.15) is 31.2 Å². The van der Waals surface area contributed by atoms with Crippen molar-refractivity contribution in [1.29, 1.82) is 5.26 Å². The van der Waals surface area contributed by atoms with Crippen LogP contribution in [0.25, 0.3) is 0 Å². The van der Waals surface area contributed by atoms with Gasteiger partial charge >= 0.3 is 0 Å². The normalized spacial score (nSPS) is 11.7. The van der Waals surface area contributed by atoms with Gasteiger partial charge in [-0.1, -0.05) is 32.2 Å². The zero-order valence-electron chi connectivity index (χ0n) is 15.1. The lowest BCUT2D eigenvalue weighted by Crippen LogP contribution is -2.17. The minimum Gasteiger partial charge on any atom is -0.497 e. The highest BCUT2D eigenvalue weighted by Crippen LogP contribution is 2.28. The van der Waals surface area contributed by atoms with E-state index in [1.807, 2.05) is 42.2 Å². The molecule has 0 radical (unpaired) electrons. The molecule has 0 bridgehead atoms. The van der Waals surface area contributed by atoms with Gasteiger partial charge in [-0.3, -0.25) is 0 Å². The number of allylic oxidation sites excluding steroid dienone is 1. The first kappa shape index (κ1) is 21.9. The molecule has 0 unspecified atom stereocenters. The van der Waals surface area contributed by atoms with E-state index in [1.165, 1.54) is 11.1 Å². The van der Waals surface area contributed by atoms with Crippen LogP contribution in [0, 0.1) is 11.3 Å². The Hall–Kier alpha value is -3.17. The minimum absolute atomic E-state index is 0. The summed E-state index contributed by atoms with van der Waals surface area (Å²) in [6.07, 6.45) is 5.44. The quantitative estimate of drug-likeness (QED) is 0.833. The van der Waals surface area contributed by atoms with Gasteiger partial charge in [-0.15, -0.1) is 0 Å². The molecule has 0 saturated heterocycles. The largest absolute Gasteiger partial charge is 0.497 e. The summed E-state index contributed by atoms with van der Waals surface area (Å²) in [5.74, 6) is 1.45. The van der Waals surface area contributed by atoms with Crippen molar-refractivity contribution in [3.63, 3.8) is 0 Å². The Morgan fingerprint density at radius 1 is 1.37 bits per heavy atom. The predicted octanol–water partition coefficient (Wildman–Crippen LogP) is 3.59. The fourth-order valence-corrected chi connectivity index (χ4v) is 2.51. The van der Waals surface area contributed by atoms with Crippen LogP contribution < -0.4 is 15.4 Å². The first-order chi connectivity index (χ1) is 12.6. The lowest BCUT2D eigenvalue weighted by molar-refractivity contribution is 0.414. The molecule has 1 aliphatic rings. The van der Waals surface area contributed by atoms with Crippen LogP contribution in [0.3, 0.4) is 0 Å². The predicted molar refractivity (Wildman–Crippen MR) is 109 cm³/mol. The standard InChI is InChI=1S/C14H12N4O.C6H11N.CH4/c1-19-13-3-2-10-8-18(9-11(10)6-13)14-16-5-4-12(7-15)17-14;1-3-4-6(2)5-7;/h2-6H,8-9H2,1H3;3-4H,2,5,7H2,1H3;1H4/b;4-3-;. The summed E-state index contributed by atoms with van der Waals surface area (Å²) in [6.45, 7) is 7.65. The summed E-state index contributed by atoms with van der Waals surface area (Å²) in [6, 6.07) is 9.68. The molecule has 6 heteroatoms. The molecule has 2 heterocycles.